The van der Waals surface area contributed by atoms with E-state index in [1.165, 1.54) is 0 Å². The minimum atomic E-state index is -0.826. The summed E-state index contributed by atoms with van der Waals surface area (Å²) in [7, 11) is 0. The Hall–Kier alpha value is -1.95. The Morgan fingerprint density at radius 2 is 1.95 bits per heavy atom. The van der Waals surface area contributed by atoms with E-state index < -0.39 is 5.97 Å². The summed E-state index contributed by atoms with van der Waals surface area (Å²) < 4.78 is 0. The lowest BCUT2D eigenvalue weighted by Crippen LogP contribution is -2.37. The number of hydrogen-bond donors (Lipinski definition) is 1. The number of hydrogen-bond acceptors (Lipinski definition) is 4. The summed E-state index contributed by atoms with van der Waals surface area (Å²) in [5, 5.41) is 8.84. The summed E-state index contributed by atoms with van der Waals surface area (Å²) in [5.41, 5.74) is 2.27. The van der Waals surface area contributed by atoms with Crippen molar-refractivity contribution in [2.75, 3.05) is 32.7 Å². The van der Waals surface area contributed by atoms with Gasteiger partial charge in [-0.05, 0) is 32.4 Å². The molecule has 6 nitrogen and oxygen atoms in total. The summed E-state index contributed by atoms with van der Waals surface area (Å²) in [4.78, 5) is 31.3. The molecule has 0 spiro atoms. The van der Waals surface area contributed by atoms with Gasteiger partial charge in [0.1, 0.15) is 0 Å². The number of nitrogens with zero attached hydrogens (tertiary/aromatic N) is 3. The first-order chi connectivity index (χ1) is 9.97. The van der Waals surface area contributed by atoms with E-state index in [1.54, 1.807) is 4.90 Å². The summed E-state index contributed by atoms with van der Waals surface area (Å²) >= 11 is 0. The Labute approximate surface area is 124 Å². The lowest BCUT2D eigenvalue weighted by Gasteiger charge is -2.22. The van der Waals surface area contributed by atoms with Crippen molar-refractivity contribution in [2.45, 2.75) is 20.3 Å². The second-order valence-corrected chi connectivity index (χ2v) is 5.40. The van der Waals surface area contributed by atoms with Gasteiger partial charge in [0.15, 0.2) is 0 Å². The van der Waals surface area contributed by atoms with E-state index in [0.29, 0.717) is 31.7 Å². The molecule has 2 heterocycles. The number of pyridine rings is 1. The predicted molar refractivity (Wildman–Crippen MR) is 78.3 cm³/mol. The zero-order valence-electron chi connectivity index (χ0n) is 12.5. The number of carboxylic acid groups (broad SMARTS) is 1. The molecular weight excluding hydrogens is 270 g/mol. The predicted octanol–water partition coefficient (Wildman–Crippen LogP) is 0.931. The van der Waals surface area contributed by atoms with Crippen molar-refractivity contribution >= 4 is 11.9 Å². The van der Waals surface area contributed by atoms with Gasteiger partial charge in [-0.2, -0.15) is 0 Å². The molecule has 21 heavy (non-hydrogen) atoms. The van der Waals surface area contributed by atoms with Gasteiger partial charge >= 0.3 is 5.97 Å². The van der Waals surface area contributed by atoms with Crippen molar-refractivity contribution in [1.29, 1.82) is 0 Å². The Bertz CT molecular complexity index is 545. The number of carbonyl (C=O) groups is 2. The Morgan fingerprint density at radius 3 is 2.62 bits per heavy atom. The van der Waals surface area contributed by atoms with E-state index in [0.717, 1.165) is 17.8 Å². The number of amides is 1. The largest absolute Gasteiger partial charge is 0.480 e. The number of aromatic nitrogens is 1. The third-order valence-corrected chi connectivity index (χ3v) is 3.69. The van der Waals surface area contributed by atoms with Gasteiger partial charge in [0.25, 0.3) is 5.91 Å². The average molecular weight is 291 g/mol. The van der Waals surface area contributed by atoms with Gasteiger partial charge in [-0.25, -0.2) is 0 Å². The molecule has 0 atom stereocenters. The van der Waals surface area contributed by atoms with E-state index in [4.69, 9.17) is 5.11 Å². The fourth-order valence-electron chi connectivity index (χ4n) is 2.61. The zero-order valence-corrected chi connectivity index (χ0v) is 12.5. The number of carboxylic acids is 1. The van der Waals surface area contributed by atoms with Crippen LogP contribution >= 0.6 is 0 Å². The van der Waals surface area contributed by atoms with Crippen molar-refractivity contribution in [2.24, 2.45) is 0 Å². The van der Waals surface area contributed by atoms with Crippen LogP contribution in [0.5, 0.6) is 0 Å². The molecule has 0 bridgehead atoms. The molecule has 0 unspecified atom stereocenters. The van der Waals surface area contributed by atoms with Crippen LogP contribution in [0.3, 0.4) is 0 Å². The van der Waals surface area contributed by atoms with E-state index in [9.17, 15) is 9.59 Å². The van der Waals surface area contributed by atoms with Crippen LogP contribution in [0.15, 0.2) is 12.1 Å². The summed E-state index contributed by atoms with van der Waals surface area (Å²) in [6.45, 7) is 6.29. The molecule has 0 radical (unpaired) electrons. The van der Waals surface area contributed by atoms with Crippen molar-refractivity contribution in [3.63, 3.8) is 0 Å². The lowest BCUT2D eigenvalue weighted by molar-refractivity contribution is -0.138. The molecule has 0 saturated carbocycles. The highest BCUT2D eigenvalue weighted by molar-refractivity contribution is 5.95. The lowest BCUT2D eigenvalue weighted by atomic mass is 10.1. The smallest absolute Gasteiger partial charge is 0.317 e. The van der Waals surface area contributed by atoms with Gasteiger partial charge < -0.3 is 10.0 Å². The third-order valence-electron chi connectivity index (χ3n) is 3.69. The quantitative estimate of drug-likeness (QED) is 0.897. The third kappa shape index (κ3) is 4.01. The standard InChI is InChI=1S/C15H21N3O3/c1-11-4-5-13(12(2)16-11)15(21)18-7-3-6-17(8-9-18)10-14(19)20/h4-5H,3,6-10H2,1-2H3,(H,19,20). The van der Waals surface area contributed by atoms with Crippen LogP contribution in [-0.2, 0) is 4.79 Å². The van der Waals surface area contributed by atoms with E-state index in [2.05, 4.69) is 4.98 Å². The number of aryl methyl sites for hydroxylation is 2. The molecule has 114 valence electrons. The number of rotatable bonds is 3. The van der Waals surface area contributed by atoms with E-state index >= 15 is 0 Å². The average Bonchev–Trinajstić information content (AvgIpc) is 2.63. The minimum Gasteiger partial charge on any atom is -0.480 e. The summed E-state index contributed by atoms with van der Waals surface area (Å²) in [6.07, 6.45) is 0.789. The van der Waals surface area contributed by atoms with Crippen LogP contribution in [0.25, 0.3) is 0 Å². The first-order valence-corrected chi connectivity index (χ1v) is 7.15. The van der Waals surface area contributed by atoms with Crippen molar-refractivity contribution in [1.82, 2.24) is 14.8 Å². The number of carbonyl (C=O) groups excluding carboxylic acids is 1. The van der Waals surface area contributed by atoms with Gasteiger partial charge in [0.05, 0.1) is 17.8 Å². The van der Waals surface area contributed by atoms with Crippen LogP contribution < -0.4 is 0 Å². The van der Waals surface area contributed by atoms with E-state index in [-0.39, 0.29) is 12.5 Å². The molecule has 1 amide bonds. The van der Waals surface area contributed by atoms with Gasteiger partial charge in [-0.15, -0.1) is 0 Å². The summed E-state index contributed by atoms with van der Waals surface area (Å²) in [5.74, 6) is -0.842. The van der Waals surface area contributed by atoms with E-state index in [1.807, 2.05) is 30.9 Å². The molecule has 1 aromatic heterocycles. The fraction of sp³-hybridized carbons (Fsp3) is 0.533. The Balaban J connectivity index is 2.04. The second kappa shape index (κ2) is 6.67. The highest BCUT2D eigenvalue weighted by Crippen LogP contribution is 2.12. The maximum absolute atomic E-state index is 12.6. The maximum Gasteiger partial charge on any atom is 0.317 e. The van der Waals surface area contributed by atoms with Crippen LogP contribution in [0, 0.1) is 13.8 Å². The molecule has 0 aromatic carbocycles. The SMILES string of the molecule is Cc1ccc(C(=O)N2CCCN(CC(=O)O)CC2)c(C)n1. The molecule has 1 aliphatic heterocycles. The van der Waals surface area contributed by atoms with Gasteiger partial charge in [-0.3, -0.25) is 19.5 Å². The normalized spacial score (nSPS) is 16.6. The molecular formula is C15H21N3O3. The highest BCUT2D eigenvalue weighted by Gasteiger charge is 2.22. The second-order valence-electron chi connectivity index (χ2n) is 5.40. The fourth-order valence-corrected chi connectivity index (χ4v) is 2.61. The van der Waals surface area contributed by atoms with Crippen LogP contribution in [-0.4, -0.2) is 64.5 Å². The molecule has 1 aliphatic rings. The van der Waals surface area contributed by atoms with Crippen molar-refractivity contribution in [3.8, 4) is 0 Å². The van der Waals surface area contributed by atoms with Crippen molar-refractivity contribution in [3.05, 3.63) is 29.1 Å². The molecule has 1 N–H and O–H groups in total. The molecule has 0 aliphatic carbocycles. The summed E-state index contributed by atoms with van der Waals surface area (Å²) in [6, 6.07) is 3.66. The minimum absolute atomic E-state index is 0.0165. The van der Waals surface area contributed by atoms with Crippen molar-refractivity contribution < 1.29 is 14.7 Å². The monoisotopic (exact) mass is 291 g/mol. The molecule has 2 rings (SSSR count). The number of aliphatic carboxylic acids is 1. The maximum atomic E-state index is 12.6. The van der Waals surface area contributed by atoms with Gasteiger partial charge in [-0.1, -0.05) is 0 Å². The van der Waals surface area contributed by atoms with Gasteiger partial charge in [0.2, 0.25) is 0 Å². The molecule has 1 aromatic rings. The molecule has 1 fully saturated rings. The first kappa shape index (κ1) is 15.4. The Morgan fingerprint density at radius 1 is 1.19 bits per heavy atom. The van der Waals surface area contributed by atoms with Gasteiger partial charge in [0, 0.05) is 31.9 Å². The first-order valence-electron chi connectivity index (χ1n) is 7.15. The van der Waals surface area contributed by atoms with Crippen LogP contribution in [0.4, 0.5) is 0 Å². The zero-order chi connectivity index (χ0) is 15.4. The molecule has 1 saturated heterocycles. The molecule has 6 heteroatoms. The Kier molecular flexibility index (Phi) is 4.90. The van der Waals surface area contributed by atoms with Crippen LogP contribution in [0.1, 0.15) is 28.2 Å². The van der Waals surface area contributed by atoms with Crippen LogP contribution in [0.2, 0.25) is 0 Å². The topological polar surface area (TPSA) is 73.7 Å². The highest BCUT2D eigenvalue weighted by atomic mass is 16.4.